The van der Waals surface area contributed by atoms with Gasteiger partial charge in [0.05, 0.1) is 41.5 Å². The molecule has 0 saturated carbocycles. The molecule has 0 bridgehead atoms. The summed E-state index contributed by atoms with van der Waals surface area (Å²) in [7, 11) is 4.55. The number of fused-ring (bicyclic) bond motifs is 1. The first-order chi connectivity index (χ1) is 14.0. The van der Waals surface area contributed by atoms with E-state index in [1.165, 1.54) is 37.7 Å². The minimum absolute atomic E-state index is 0.0232. The van der Waals surface area contributed by atoms with Gasteiger partial charge in [-0.1, -0.05) is 11.3 Å². The van der Waals surface area contributed by atoms with Gasteiger partial charge in [-0.25, -0.2) is 0 Å². The van der Waals surface area contributed by atoms with Gasteiger partial charge in [-0.05, 0) is 24.3 Å². The van der Waals surface area contributed by atoms with Crippen molar-refractivity contribution < 1.29 is 23.9 Å². The number of aromatic nitrogens is 1. The number of nitro groups is 1. The van der Waals surface area contributed by atoms with Crippen molar-refractivity contribution in [2.75, 3.05) is 27.9 Å². The highest BCUT2D eigenvalue weighted by Gasteiger charge is 2.16. The van der Waals surface area contributed by atoms with Crippen LogP contribution in [0.3, 0.4) is 0 Å². The molecule has 10 heteroatoms. The van der Waals surface area contributed by atoms with E-state index < -0.39 is 10.8 Å². The van der Waals surface area contributed by atoms with E-state index in [0.717, 1.165) is 5.52 Å². The van der Waals surface area contributed by atoms with Crippen molar-refractivity contribution in [3.8, 4) is 11.5 Å². The molecule has 0 N–H and O–H groups in total. The maximum Gasteiger partial charge on any atom is 0.283 e. The van der Waals surface area contributed by atoms with E-state index >= 15 is 0 Å². The van der Waals surface area contributed by atoms with Gasteiger partial charge in [0.2, 0.25) is 0 Å². The average molecular weight is 417 g/mol. The third-order valence-corrected chi connectivity index (χ3v) is 5.27. The Labute approximate surface area is 169 Å². The number of carbonyl (C=O) groups is 1. The number of hydrogen-bond acceptors (Lipinski definition) is 7. The van der Waals surface area contributed by atoms with Crippen LogP contribution in [-0.4, -0.2) is 43.3 Å². The van der Waals surface area contributed by atoms with Gasteiger partial charge in [-0.2, -0.15) is 4.99 Å². The molecule has 0 spiro atoms. The lowest BCUT2D eigenvalue weighted by molar-refractivity contribution is -0.384. The lowest BCUT2D eigenvalue weighted by atomic mass is 10.2. The predicted molar refractivity (Wildman–Crippen MR) is 108 cm³/mol. The van der Waals surface area contributed by atoms with Crippen LogP contribution in [0.2, 0.25) is 0 Å². The number of thiazole rings is 1. The molecule has 3 aromatic rings. The molecule has 0 fully saturated rings. The fourth-order valence-corrected chi connectivity index (χ4v) is 3.88. The summed E-state index contributed by atoms with van der Waals surface area (Å²) in [5.41, 5.74) is 0.973. The van der Waals surface area contributed by atoms with E-state index in [2.05, 4.69) is 4.99 Å². The van der Waals surface area contributed by atoms with Gasteiger partial charge < -0.3 is 18.8 Å². The fraction of sp³-hybridized carbons (Fsp3) is 0.263. The molecule has 3 rings (SSSR count). The van der Waals surface area contributed by atoms with Crippen LogP contribution in [-0.2, 0) is 11.3 Å². The molecule has 2 aromatic carbocycles. The van der Waals surface area contributed by atoms with Crippen molar-refractivity contribution >= 4 is 33.1 Å². The molecule has 0 unspecified atom stereocenters. The third kappa shape index (κ3) is 4.28. The second kappa shape index (κ2) is 8.84. The molecular weight excluding hydrogens is 398 g/mol. The van der Waals surface area contributed by atoms with Crippen molar-refractivity contribution in [2.24, 2.45) is 4.99 Å². The third-order valence-electron chi connectivity index (χ3n) is 4.23. The van der Waals surface area contributed by atoms with Crippen LogP contribution in [0.15, 0.2) is 41.4 Å². The quantitative estimate of drug-likeness (QED) is 0.432. The maximum absolute atomic E-state index is 12.9. The molecule has 0 radical (unpaired) electrons. The Kier molecular flexibility index (Phi) is 6.25. The summed E-state index contributed by atoms with van der Waals surface area (Å²) >= 11 is 1.20. The van der Waals surface area contributed by atoms with Crippen LogP contribution in [0.25, 0.3) is 10.2 Å². The monoisotopic (exact) mass is 417 g/mol. The molecule has 1 amide bonds. The summed E-state index contributed by atoms with van der Waals surface area (Å²) in [6, 6.07) is 9.42. The number of rotatable bonds is 7. The molecule has 1 aromatic heterocycles. The van der Waals surface area contributed by atoms with Crippen molar-refractivity contribution in [1.82, 2.24) is 4.57 Å². The van der Waals surface area contributed by atoms with Gasteiger partial charge in [0.25, 0.3) is 11.6 Å². The average Bonchev–Trinajstić information content (AvgIpc) is 3.07. The number of amides is 1. The molecule has 0 aliphatic carbocycles. The van der Waals surface area contributed by atoms with Gasteiger partial charge >= 0.3 is 0 Å². The van der Waals surface area contributed by atoms with Crippen molar-refractivity contribution in [3.63, 3.8) is 0 Å². The predicted octanol–water partition coefficient (Wildman–Crippen LogP) is 3.02. The Balaban J connectivity index is 2.15. The first-order valence-corrected chi connectivity index (χ1v) is 9.38. The number of ether oxygens (including phenoxy) is 3. The molecule has 1 heterocycles. The first-order valence-electron chi connectivity index (χ1n) is 8.56. The smallest absolute Gasteiger partial charge is 0.283 e. The molecule has 0 atom stereocenters. The summed E-state index contributed by atoms with van der Waals surface area (Å²) in [4.78, 5) is 28.2. The van der Waals surface area contributed by atoms with Gasteiger partial charge in [-0.15, -0.1) is 0 Å². The fourth-order valence-electron chi connectivity index (χ4n) is 2.79. The van der Waals surface area contributed by atoms with E-state index in [9.17, 15) is 14.9 Å². The molecule has 9 nitrogen and oxygen atoms in total. The standard InChI is InChI=1S/C19H19N3O6S/c1-26-9-8-21-15-6-4-12(22(24)25)10-17(15)29-19(21)20-18(23)14-11-13(27-2)5-7-16(14)28-3/h4-7,10-11H,8-9H2,1-3H3. The minimum Gasteiger partial charge on any atom is -0.497 e. The molecule has 0 saturated heterocycles. The minimum atomic E-state index is -0.507. The van der Waals surface area contributed by atoms with E-state index in [4.69, 9.17) is 14.2 Å². The van der Waals surface area contributed by atoms with Crippen LogP contribution in [0.4, 0.5) is 5.69 Å². The van der Waals surface area contributed by atoms with Crippen molar-refractivity contribution in [3.05, 3.63) is 56.9 Å². The number of nitro benzene ring substituents is 1. The summed E-state index contributed by atoms with van der Waals surface area (Å²) < 4.78 is 18.1. The number of carbonyl (C=O) groups excluding carboxylic acids is 1. The normalized spacial score (nSPS) is 11.6. The number of methoxy groups -OCH3 is 3. The summed E-state index contributed by atoms with van der Waals surface area (Å²) in [5.74, 6) is 0.372. The number of hydrogen-bond donors (Lipinski definition) is 0. The highest BCUT2D eigenvalue weighted by atomic mass is 32.1. The second-order valence-corrected chi connectivity index (χ2v) is 6.93. The molecule has 152 valence electrons. The maximum atomic E-state index is 12.9. The van der Waals surface area contributed by atoms with Crippen LogP contribution in [0.5, 0.6) is 11.5 Å². The van der Waals surface area contributed by atoms with Crippen LogP contribution in [0, 0.1) is 10.1 Å². The van der Waals surface area contributed by atoms with Gasteiger partial charge in [0, 0.05) is 25.8 Å². The van der Waals surface area contributed by atoms with Crippen LogP contribution < -0.4 is 14.3 Å². The highest BCUT2D eigenvalue weighted by molar-refractivity contribution is 7.16. The molecule has 0 aliphatic rings. The lowest BCUT2D eigenvalue weighted by Gasteiger charge is -2.07. The van der Waals surface area contributed by atoms with Gasteiger partial charge in [0.1, 0.15) is 11.5 Å². The van der Waals surface area contributed by atoms with E-state index in [0.29, 0.717) is 34.2 Å². The Morgan fingerprint density at radius 1 is 1.17 bits per heavy atom. The van der Waals surface area contributed by atoms with Crippen molar-refractivity contribution in [2.45, 2.75) is 6.54 Å². The van der Waals surface area contributed by atoms with Crippen LogP contribution >= 0.6 is 11.3 Å². The largest absolute Gasteiger partial charge is 0.497 e. The lowest BCUT2D eigenvalue weighted by Crippen LogP contribution is -2.19. The van der Waals surface area contributed by atoms with E-state index in [1.807, 2.05) is 0 Å². The Hall–Kier alpha value is -3.24. The molecule has 0 aliphatic heterocycles. The topological polar surface area (TPSA) is 105 Å². The Bertz CT molecular complexity index is 1130. The number of non-ortho nitro benzene ring substituents is 1. The van der Waals surface area contributed by atoms with E-state index in [1.54, 1.807) is 35.9 Å². The zero-order chi connectivity index (χ0) is 21.0. The Morgan fingerprint density at radius 3 is 2.62 bits per heavy atom. The highest BCUT2D eigenvalue weighted by Crippen LogP contribution is 2.26. The van der Waals surface area contributed by atoms with Gasteiger partial charge in [-0.3, -0.25) is 14.9 Å². The number of nitrogens with zero attached hydrogens (tertiary/aromatic N) is 3. The second-order valence-electron chi connectivity index (χ2n) is 5.92. The summed E-state index contributed by atoms with van der Waals surface area (Å²) in [6.45, 7) is 0.836. The SMILES string of the molecule is COCCn1c(=NC(=O)c2cc(OC)ccc2OC)sc2cc([N+](=O)[O-])ccc21. The zero-order valence-electron chi connectivity index (χ0n) is 16.1. The van der Waals surface area contributed by atoms with E-state index in [-0.39, 0.29) is 11.3 Å². The number of benzene rings is 2. The van der Waals surface area contributed by atoms with Crippen LogP contribution in [0.1, 0.15) is 10.4 Å². The Morgan fingerprint density at radius 2 is 1.97 bits per heavy atom. The zero-order valence-corrected chi connectivity index (χ0v) is 16.9. The molecular formula is C19H19N3O6S. The summed E-state index contributed by atoms with van der Waals surface area (Å²) in [5, 5.41) is 11.1. The van der Waals surface area contributed by atoms with Crippen molar-refractivity contribution in [1.29, 1.82) is 0 Å². The first kappa shape index (κ1) is 20.5. The van der Waals surface area contributed by atoms with Gasteiger partial charge in [0.15, 0.2) is 4.80 Å². The molecule has 29 heavy (non-hydrogen) atoms. The summed E-state index contributed by atoms with van der Waals surface area (Å²) in [6.07, 6.45) is 0.